The molecule has 7 heteroatoms. The van der Waals surface area contributed by atoms with Crippen LogP contribution in [0.5, 0.6) is 0 Å². The third-order valence-corrected chi connectivity index (χ3v) is 7.98. The number of aryl methyl sites for hydroxylation is 2. The summed E-state index contributed by atoms with van der Waals surface area (Å²) in [5.74, 6) is 3.70. The molecule has 2 fully saturated rings. The van der Waals surface area contributed by atoms with Crippen LogP contribution < -0.4 is 9.80 Å². The molecule has 0 unspecified atom stereocenters. The molecule has 0 atom stereocenters. The topological polar surface area (TPSA) is 42.9 Å². The van der Waals surface area contributed by atoms with Gasteiger partial charge in [0.15, 0.2) is 0 Å². The van der Waals surface area contributed by atoms with Crippen LogP contribution in [0.2, 0.25) is 5.02 Å². The second-order valence-corrected chi connectivity index (χ2v) is 10.5. The molecule has 2 aromatic carbocycles. The number of benzene rings is 2. The van der Waals surface area contributed by atoms with Crippen molar-refractivity contribution < 1.29 is 4.79 Å². The molecule has 196 valence electrons. The smallest absolute Gasteiger partial charge is 0.254 e. The lowest BCUT2D eigenvalue weighted by Crippen LogP contribution is -2.49. The van der Waals surface area contributed by atoms with Gasteiger partial charge in [-0.25, -0.2) is 4.98 Å². The predicted octanol–water partition coefficient (Wildman–Crippen LogP) is 4.62. The van der Waals surface area contributed by atoms with E-state index in [2.05, 4.69) is 50.7 Å². The Balaban J connectivity index is 1.23. The predicted molar refractivity (Wildman–Crippen MR) is 155 cm³/mol. The second kappa shape index (κ2) is 11.5. The van der Waals surface area contributed by atoms with Gasteiger partial charge in [-0.05, 0) is 60.9 Å². The van der Waals surface area contributed by atoms with E-state index in [0.717, 1.165) is 60.9 Å². The number of aromatic nitrogens is 1. The van der Waals surface area contributed by atoms with Gasteiger partial charge in [0.25, 0.3) is 5.91 Å². The molecule has 0 spiro atoms. The number of hydrogen-bond acceptors (Lipinski definition) is 5. The van der Waals surface area contributed by atoms with E-state index in [9.17, 15) is 4.79 Å². The molecule has 1 aromatic heterocycles. The summed E-state index contributed by atoms with van der Waals surface area (Å²) in [6.07, 6.45) is 7.47. The Kier molecular flexibility index (Phi) is 7.87. The zero-order valence-corrected chi connectivity index (χ0v) is 22.9. The molecule has 1 amide bonds. The SMILES string of the molecule is C#Cc1ccccc1N1CCN(Cc2cc(C(=O)N3CCN(c4ncccc4Cl)CC3)c(C)cc2C)CC1. The number of amides is 1. The van der Waals surface area contributed by atoms with Crippen molar-refractivity contribution in [2.24, 2.45) is 0 Å². The molecule has 2 aliphatic rings. The Morgan fingerprint density at radius 2 is 1.63 bits per heavy atom. The second-order valence-electron chi connectivity index (χ2n) is 10.1. The van der Waals surface area contributed by atoms with E-state index < -0.39 is 0 Å². The van der Waals surface area contributed by atoms with Gasteiger partial charge in [-0.1, -0.05) is 35.7 Å². The van der Waals surface area contributed by atoms with Crippen LogP contribution in [0.1, 0.15) is 32.6 Å². The molecule has 3 heterocycles. The van der Waals surface area contributed by atoms with Crippen LogP contribution >= 0.6 is 11.6 Å². The number of nitrogens with zero attached hydrogens (tertiary/aromatic N) is 5. The van der Waals surface area contributed by atoms with Crippen molar-refractivity contribution in [3.8, 4) is 12.3 Å². The minimum atomic E-state index is 0.103. The molecule has 3 aromatic rings. The largest absolute Gasteiger partial charge is 0.368 e. The van der Waals surface area contributed by atoms with Crippen LogP contribution in [0, 0.1) is 26.2 Å². The van der Waals surface area contributed by atoms with Gasteiger partial charge in [0.05, 0.1) is 10.7 Å². The quantitative estimate of drug-likeness (QED) is 0.453. The van der Waals surface area contributed by atoms with Gasteiger partial charge in [-0.3, -0.25) is 9.69 Å². The van der Waals surface area contributed by atoms with Crippen molar-refractivity contribution in [3.05, 3.63) is 87.6 Å². The zero-order valence-electron chi connectivity index (χ0n) is 22.2. The Labute approximate surface area is 230 Å². The average molecular weight is 528 g/mol. The van der Waals surface area contributed by atoms with Crippen LogP contribution in [0.4, 0.5) is 11.5 Å². The van der Waals surface area contributed by atoms with Crippen LogP contribution in [0.25, 0.3) is 0 Å². The van der Waals surface area contributed by atoms with E-state index >= 15 is 0 Å². The highest BCUT2D eigenvalue weighted by atomic mass is 35.5. The molecule has 2 aliphatic heterocycles. The Morgan fingerprint density at radius 3 is 2.34 bits per heavy atom. The summed E-state index contributed by atoms with van der Waals surface area (Å²) in [6.45, 7) is 11.5. The number of terminal acetylenes is 1. The molecule has 38 heavy (non-hydrogen) atoms. The highest BCUT2D eigenvalue weighted by Gasteiger charge is 2.26. The normalized spacial score (nSPS) is 16.4. The molecule has 0 bridgehead atoms. The first-order valence-corrected chi connectivity index (χ1v) is 13.6. The monoisotopic (exact) mass is 527 g/mol. The summed E-state index contributed by atoms with van der Waals surface area (Å²) < 4.78 is 0. The summed E-state index contributed by atoms with van der Waals surface area (Å²) >= 11 is 6.34. The van der Waals surface area contributed by atoms with E-state index in [-0.39, 0.29) is 5.91 Å². The number of para-hydroxylation sites is 1. The van der Waals surface area contributed by atoms with Gasteiger partial charge in [-0.2, -0.15) is 0 Å². The van der Waals surface area contributed by atoms with Crippen molar-refractivity contribution in [2.75, 3.05) is 62.2 Å². The maximum Gasteiger partial charge on any atom is 0.254 e. The molecular formula is C31H34ClN5O. The highest BCUT2D eigenvalue weighted by molar-refractivity contribution is 6.32. The summed E-state index contributed by atoms with van der Waals surface area (Å²) in [5.41, 5.74) is 6.37. The molecular weight excluding hydrogens is 494 g/mol. The maximum atomic E-state index is 13.6. The summed E-state index contributed by atoms with van der Waals surface area (Å²) in [4.78, 5) is 27.0. The standard InChI is InChI=1S/C31H34ClN5O/c1-4-25-8-5-6-10-29(25)35-14-12-34(13-15-35)22-26-21-27(24(3)20-23(26)2)31(38)37-18-16-36(17-19-37)30-28(32)9-7-11-33-30/h1,5-11,20-21H,12-19,22H2,2-3H3. The van der Waals surface area contributed by atoms with Crippen molar-refractivity contribution in [3.63, 3.8) is 0 Å². The van der Waals surface area contributed by atoms with Gasteiger partial charge in [0.2, 0.25) is 0 Å². The van der Waals surface area contributed by atoms with E-state index in [1.165, 1.54) is 11.1 Å². The van der Waals surface area contributed by atoms with Gasteiger partial charge in [0.1, 0.15) is 5.82 Å². The molecule has 0 aliphatic carbocycles. The fraction of sp³-hybridized carbons (Fsp3) is 0.355. The van der Waals surface area contributed by atoms with Gasteiger partial charge in [0, 0.05) is 76.2 Å². The van der Waals surface area contributed by atoms with Crippen LogP contribution in [-0.2, 0) is 6.54 Å². The van der Waals surface area contributed by atoms with Crippen LogP contribution in [0.3, 0.4) is 0 Å². The molecule has 0 N–H and O–H groups in total. The number of piperazine rings is 2. The molecule has 5 rings (SSSR count). The highest BCUT2D eigenvalue weighted by Crippen LogP contribution is 2.26. The number of halogens is 1. The van der Waals surface area contributed by atoms with Crippen LogP contribution in [-0.4, -0.2) is 73.0 Å². The molecule has 0 saturated carbocycles. The van der Waals surface area contributed by atoms with Crippen molar-refractivity contribution in [1.29, 1.82) is 0 Å². The van der Waals surface area contributed by atoms with Crippen molar-refractivity contribution in [2.45, 2.75) is 20.4 Å². The van der Waals surface area contributed by atoms with Gasteiger partial charge >= 0.3 is 0 Å². The third kappa shape index (κ3) is 5.50. The van der Waals surface area contributed by atoms with E-state index in [1.54, 1.807) is 6.20 Å². The fourth-order valence-electron chi connectivity index (χ4n) is 5.46. The van der Waals surface area contributed by atoms with E-state index in [0.29, 0.717) is 31.2 Å². The lowest BCUT2D eigenvalue weighted by atomic mass is 9.98. The van der Waals surface area contributed by atoms with E-state index in [1.807, 2.05) is 42.2 Å². The maximum absolute atomic E-state index is 13.6. The summed E-state index contributed by atoms with van der Waals surface area (Å²) in [5, 5.41) is 0.646. The Morgan fingerprint density at radius 1 is 0.921 bits per heavy atom. The third-order valence-electron chi connectivity index (χ3n) is 7.69. The first-order valence-electron chi connectivity index (χ1n) is 13.2. The number of rotatable bonds is 5. The molecule has 6 nitrogen and oxygen atoms in total. The van der Waals surface area contributed by atoms with Gasteiger partial charge in [-0.15, -0.1) is 6.42 Å². The van der Waals surface area contributed by atoms with Crippen LogP contribution in [0.15, 0.2) is 54.7 Å². The lowest BCUT2D eigenvalue weighted by molar-refractivity contribution is 0.0745. The number of carbonyl (C=O) groups is 1. The Bertz CT molecular complexity index is 1350. The van der Waals surface area contributed by atoms with Crippen molar-refractivity contribution in [1.82, 2.24) is 14.8 Å². The average Bonchev–Trinajstić information content (AvgIpc) is 2.95. The number of pyridine rings is 1. The zero-order chi connectivity index (χ0) is 26.6. The Hall–Kier alpha value is -3.53. The van der Waals surface area contributed by atoms with E-state index in [4.69, 9.17) is 18.0 Å². The number of anilines is 2. The van der Waals surface area contributed by atoms with Crippen molar-refractivity contribution >= 4 is 29.0 Å². The summed E-state index contributed by atoms with van der Waals surface area (Å²) in [7, 11) is 0. The minimum absolute atomic E-state index is 0.103. The fourth-order valence-corrected chi connectivity index (χ4v) is 5.70. The first kappa shape index (κ1) is 26.1. The summed E-state index contributed by atoms with van der Waals surface area (Å²) in [6, 6.07) is 16.1. The number of hydrogen-bond donors (Lipinski definition) is 0. The minimum Gasteiger partial charge on any atom is -0.368 e. The molecule has 0 radical (unpaired) electrons. The number of carbonyl (C=O) groups excluding carboxylic acids is 1. The lowest BCUT2D eigenvalue weighted by Gasteiger charge is -2.37. The molecule has 2 saturated heterocycles. The van der Waals surface area contributed by atoms with Gasteiger partial charge < -0.3 is 14.7 Å². The first-order chi connectivity index (χ1) is 18.4.